The van der Waals surface area contributed by atoms with Crippen LogP contribution in [0.25, 0.3) is 6.08 Å². The summed E-state index contributed by atoms with van der Waals surface area (Å²) in [5.74, 6) is -0.495. The first kappa shape index (κ1) is 14.9. The first-order valence-corrected chi connectivity index (χ1v) is 7.00. The largest absolute Gasteiger partial charge is 0.352 e. The molecule has 1 aromatic rings. The van der Waals surface area contributed by atoms with Gasteiger partial charge in [0.1, 0.15) is 0 Å². The Kier molecular flexibility index (Phi) is 5.04. The fourth-order valence-corrected chi connectivity index (χ4v) is 1.83. The van der Waals surface area contributed by atoms with Gasteiger partial charge in [-0.2, -0.15) is 0 Å². The van der Waals surface area contributed by atoms with Gasteiger partial charge in [0, 0.05) is 12.1 Å². The van der Waals surface area contributed by atoms with Crippen molar-refractivity contribution in [1.29, 1.82) is 0 Å². The zero-order chi connectivity index (χ0) is 14.5. The van der Waals surface area contributed by atoms with E-state index in [2.05, 4.69) is 10.6 Å². The van der Waals surface area contributed by atoms with Crippen LogP contribution in [0.2, 0.25) is 10.0 Å². The van der Waals surface area contributed by atoms with Crippen molar-refractivity contribution < 1.29 is 9.59 Å². The monoisotopic (exact) mass is 312 g/mol. The maximum Gasteiger partial charge on any atom is 0.244 e. The third-order valence-corrected chi connectivity index (χ3v) is 3.48. The van der Waals surface area contributed by atoms with E-state index in [1.54, 1.807) is 24.3 Å². The Labute approximate surface area is 127 Å². The molecular weight excluding hydrogens is 299 g/mol. The van der Waals surface area contributed by atoms with Crippen molar-refractivity contribution in [2.24, 2.45) is 0 Å². The highest BCUT2D eigenvalue weighted by molar-refractivity contribution is 6.42. The zero-order valence-electron chi connectivity index (χ0n) is 10.7. The van der Waals surface area contributed by atoms with E-state index < -0.39 is 0 Å². The highest BCUT2D eigenvalue weighted by Gasteiger charge is 2.22. The van der Waals surface area contributed by atoms with Gasteiger partial charge in [0.2, 0.25) is 11.8 Å². The topological polar surface area (TPSA) is 58.2 Å². The van der Waals surface area contributed by atoms with E-state index in [0.29, 0.717) is 16.1 Å². The third kappa shape index (κ3) is 4.87. The summed E-state index contributed by atoms with van der Waals surface area (Å²) < 4.78 is 0. The van der Waals surface area contributed by atoms with Crippen molar-refractivity contribution in [2.45, 2.75) is 18.9 Å². The van der Waals surface area contributed by atoms with E-state index >= 15 is 0 Å². The van der Waals surface area contributed by atoms with Crippen molar-refractivity contribution >= 4 is 41.1 Å². The standard InChI is InChI=1S/C14H14Cl2N2O2/c15-11-5-1-9(7-12(11)16)2-6-13(19)17-8-14(20)18-10-3-4-10/h1-2,5-7,10H,3-4,8H2,(H,17,19)(H,18,20)/b6-2+. The minimum Gasteiger partial charge on any atom is -0.352 e. The van der Waals surface area contributed by atoms with E-state index in [1.807, 2.05) is 0 Å². The lowest BCUT2D eigenvalue weighted by molar-refractivity contribution is -0.124. The van der Waals surface area contributed by atoms with Crippen LogP contribution in [0.15, 0.2) is 24.3 Å². The molecule has 2 amide bonds. The Bertz CT molecular complexity index is 554. The number of rotatable bonds is 5. The van der Waals surface area contributed by atoms with E-state index in [-0.39, 0.29) is 18.4 Å². The van der Waals surface area contributed by atoms with Gasteiger partial charge < -0.3 is 10.6 Å². The van der Waals surface area contributed by atoms with Gasteiger partial charge in [0.15, 0.2) is 0 Å². The molecule has 0 unspecified atom stereocenters. The fourth-order valence-electron chi connectivity index (χ4n) is 1.52. The van der Waals surface area contributed by atoms with Crippen LogP contribution < -0.4 is 10.6 Å². The SMILES string of the molecule is O=C(/C=C/c1ccc(Cl)c(Cl)c1)NCC(=O)NC1CC1. The lowest BCUT2D eigenvalue weighted by Crippen LogP contribution is -2.37. The summed E-state index contributed by atoms with van der Waals surface area (Å²) in [6.07, 6.45) is 5.01. The van der Waals surface area contributed by atoms with Gasteiger partial charge in [-0.05, 0) is 36.6 Å². The number of hydrogen-bond donors (Lipinski definition) is 2. The molecule has 1 saturated carbocycles. The number of hydrogen-bond acceptors (Lipinski definition) is 2. The lowest BCUT2D eigenvalue weighted by atomic mass is 10.2. The van der Waals surface area contributed by atoms with E-state index in [4.69, 9.17) is 23.2 Å². The second kappa shape index (κ2) is 6.77. The van der Waals surface area contributed by atoms with Gasteiger partial charge in [0.05, 0.1) is 16.6 Å². The second-order valence-corrected chi connectivity index (χ2v) is 5.38. The van der Waals surface area contributed by atoms with Gasteiger partial charge in [-0.15, -0.1) is 0 Å². The molecule has 1 aliphatic carbocycles. The van der Waals surface area contributed by atoms with Crippen LogP contribution in [0.1, 0.15) is 18.4 Å². The summed E-state index contributed by atoms with van der Waals surface area (Å²) >= 11 is 11.7. The third-order valence-electron chi connectivity index (χ3n) is 2.74. The molecule has 4 nitrogen and oxygen atoms in total. The minimum atomic E-state index is -0.331. The van der Waals surface area contributed by atoms with Crippen molar-refractivity contribution in [3.05, 3.63) is 39.9 Å². The van der Waals surface area contributed by atoms with Gasteiger partial charge in [-0.3, -0.25) is 9.59 Å². The lowest BCUT2D eigenvalue weighted by Gasteiger charge is -2.03. The molecule has 2 N–H and O–H groups in total. The quantitative estimate of drug-likeness (QED) is 0.820. The van der Waals surface area contributed by atoms with E-state index in [9.17, 15) is 9.59 Å². The molecule has 1 aliphatic rings. The summed E-state index contributed by atoms with van der Waals surface area (Å²) in [7, 11) is 0. The van der Waals surface area contributed by atoms with Crippen LogP contribution in [0.5, 0.6) is 0 Å². The maximum absolute atomic E-state index is 11.5. The summed E-state index contributed by atoms with van der Waals surface area (Å²) in [5, 5.41) is 6.19. The Morgan fingerprint density at radius 1 is 1.25 bits per heavy atom. The number of carbonyl (C=O) groups is 2. The number of benzene rings is 1. The molecule has 0 bridgehead atoms. The number of halogens is 2. The second-order valence-electron chi connectivity index (χ2n) is 4.57. The van der Waals surface area contributed by atoms with Crippen molar-refractivity contribution in [3.63, 3.8) is 0 Å². The molecule has 6 heteroatoms. The normalized spacial score (nSPS) is 14.3. The van der Waals surface area contributed by atoms with Crippen LogP contribution in [-0.4, -0.2) is 24.4 Å². The Balaban J connectivity index is 1.79. The zero-order valence-corrected chi connectivity index (χ0v) is 12.2. The number of amides is 2. The molecule has 0 aliphatic heterocycles. The highest BCUT2D eigenvalue weighted by atomic mass is 35.5. The summed E-state index contributed by atoms with van der Waals surface area (Å²) in [6, 6.07) is 5.36. The summed E-state index contributed by atoms with van der Waals surface area (Å²) in [5.41, 5.74) is 0.761. The predicted molar refractivity (Wildman–Crippen MR) is 79.7 cm³/mol. The van der Waals surface area contributed by atoms with Crippen LogP contribution in [0.3, 0.4) is 0 Å². The number of nitrogens with one attached hydrogen (secondary N) is 2. The molecule has 1 aromatic carbocycles. The molecule has 0 atom stereocenters. The van der Waals surface area contributed by atoms with Crippen molar-refractivity contribution in [2.75, 3.05) is 6.54 Å². The molecule has 1 fully saturated rings. The average Bonchev–Trinajstić information content (AvgIpc) is 3.21. The van der Waals surface area contributed by atoms with Gasteiger partial charge >= 0.3 is 0 Å². The van der Waals surface area contributed by atoms with Gasteiger partial charge in [-0.25, -0.2) is 0 Å². The molecule has 0 aromatic heterocycles. The average molecular weight is 313 g/mol. The molecule has 20 heavy (non-hydrogen) atoms. The molecular formula is C14H14Cl2N2O2. The van der Waals surface area contributed by atoms with Crippen LogP contribution in [0, 0.1) is 0 Å². The molecule has 0 saturated heterocycles. The van der Waals surface area contributed by atoms with Crippen LogP contribution in [0.4, 0.5) is 0 Å². The smallest absolute Gasteiger partial charge is 0.244 e. The fraction of sp³-hybridized carbons (Fsp3) is 0.286. The van der Waals surface area contributed by atoms with Crippen molar-refractivity contribution in [3.8, 4) is 0 Å². The molecule has 0 radical (unpaired) electrons. The van der Waals surface area contributed by atoms with Crippen LogP contribution in [-0.2, 0) is 9.59 Å². The van der Waals surface area contributed by atoms with Gasteiger partial charge in [-0.1, -0.05) is 29.3 Å². The van der Waals surface area contributed by atoms with Crippen molar-refractivity contribution in [1.82, 2.24) is 10.6 Å². The molecule has 0 heterocycles. The molecule has 0 spiro atoms. The maximum atomic E-state index is 11.5. The summed E-state index contributed by atoms with van der Waals surface area (Å²) in [4.78, 5) is 22.9. The Morgan fingerprint density at radius 2 is 2.00 bits per heavy atom. The minimum absolute atomic E-state index is 0.0128. The Morgan fingerprint density at radius 3 is 2.65 bits per heavy atom. The van der Waals surface area contributed by atoms with E-state index in [0.717, 1.165) is 18.4 Å². The van der Waals surface area contributed by atoms with Gasteiger partial charge in [0.25, 0.3) is 0 Å². The summed E-state index contributed by atoms with van der Waals surface area (Å²) in [6.45, 7) is -0.0128. The Hall–Kier alpha value is -1.52. The molecule has 106 valence electrons. The van der Waals surface area contributed by atoms with Crippen LogP contribution >= 0.6 is 23.2 Å². The highest BCUT2D eigenvalue weighted by Crippen LogP contribution is 2.23. The number of carbonyl (C=O) groups excluding carboxylic acids is 2. The van der Waals surface area contributed by atoms with E-state index in [1.165, 1.54) is 6.08 Å². The predicted octanol–water partition coefficient (Wildman–Crippen LogP) is 2.40. The first-order valence-electron chi connectivity index (χ1n) is 6.25. The molecule has 2 rings (SSSR count). The first-order chi connectivity index (χ1) is 9.54.